The van der Waals surface area contributed by atoms with Crippen LogP contribution in [0, 0.1) is 17.2 Å². The van der Waals surface area contributed by atoms with Crippen molar-refractivity contribution in [1.29, 1.82) is 5.26 Å². The SMILES string of the molecule is N#Cc1ccc(CCCC(=O)[C@@H]2CCCN(c3cc(N4CCN(CCOCCO)CC4)nc(C(F)(F)F)n3)C2)cc1. The number of rotatable bonds is 12. The summed E-state index contributed by atoms with van der Waals surface area (Å²) in [6.45, 7) is 4.66. The van der Waals surface area contributed by atoms with Crippen LogP contribution in [-0.2, 0) is 22.1 Å². The number of aliphatic hydroxyl groups is 1. The van der Waals surface area contributed by atoms with E-state index in [2.05, 4.69) is 20.9 Å². The molecule has 0 radical (unpaired) electrons. The van der Waals surface area contributed by atoms with Crippen molar-refractivity contribution >= 4 is 17.4 Å². The van der Waals surface area contributed by atoms with Crippen LogP contribution in [0.4, 0.5) is 24.8 Å². The summed E-state index contributed by atoms with van der Waals surface area (Å²) in [5.74, 6) is -0.853. The van der Waals surface area contributed by atoms with E-state index in [1.807, 2.05) is 17.0 Å². The average molecular weight is 575 g/mol. The molecule has 9 nitrogen and oxygen atoms in total. The summed E-state index contributed by atoms with van der Waals surface area (Å²) in [5, 5.41) is 17.8. The van der Waals surface area contributed by atoms with E-state index >= 15 is 0 Å². The molecule has 0 spiro atoms. The van der Waals surface area contributed by atoms with Gasteiger partial charge in [-0.1, -0.05) is 12.1 Å². The molecule has 1 aromatic carbocycles. The van der Waals surface area contributed by atoms with Crippen LogP contribution in [0.1, 0.15) is 42.6 Å². The van der Waals surface area contributed by atoms with Crippen molar-refractivity contribution in [2.75, 3.05) is 75.4 Å². The minimum Gasteiger partial charge on any atom is -0.394 e. The number of anilines is 2. The van der Waals surface area contributed by atoms with E-state index in [0.29, 0.717) is 83.7 Å². The standard InChI is InChI=1S/C29H37F3N6O3/c30-29(31,32)28-34-26(37-13-11-36(12-14-37)15-17-41-18-16-39)19-27(35-28)38-10-2-4-24(21-38)25(40)5-1-3-22-6-8-23(20-33)9-7-22/h6-9,19,24,39H,1-5,10-18,21H2/t24-/m1/s1. The maximum Gasteiger partial charge on any atom is 0.451 e. The monoisotopic (exact) mass is 574 g/mol. The van der Waals surface area contributed by atoms with Crippen molar-refractivity contribution in [3.63, 3.8) is 0 Å². The summed E-state index contributed by atoms with van der Waals surface area (Å²) in [6.07, 6.45) is -1.48. The molecule has 0 amide bonds. The number of halogens is 3. The van der Waals surface area contributed by atoms with Crippen molar-refractivity contribution in [1.82, 2.24) is 14.9 Å². The highest BCUT2D eigenvalue weighted by Crippen LogP contribution is 2.32. The molecule has 0 saturated carbocycles. The molecular weight excluding hydrogens is 537 g/mol. The van der Waals surface area contributed by atoms with Crippen LogP contribution in [0.25, 0.3) is 0 Å². The highest BCUT2D eigenvalue weighted by molar-refractivity contribution is 5.81. The smallest absolute Gasteiger partial charge is 0.394 e. The Labute approximate surface area is 238 Å². The fourth-order valence-corrected chi connectivity index (χ4v) is 5.30. The summed E-state index contributed by atoms with van der Waals surface area (Å²) in [6, 6.07) is 11.0. The van der Waals surface area contributed by atoms with Gasteiger partial charge >= 0.3 is 6.18 Å². The van der Waals surface area contributed by atoms with Gasteiger partial charge in [-0.15, -0.1) is 0 Å². The van der Waals surface area contributed by atoms with Gasteiger partial charge in [0.05, 0.1) is 31.5 Å². The second kappa shape index (κ2) is 14.6. The van der Waals surface area contributed by atoms with Crippen LogP contribution in [0.15, 0.2) is 30.3 Å². The molecule has 3 heterocycles. The third kappa shape index (κ3) is 8.86. The number of ether oxygens (including phenoxy) is 1. The first-order chi connectivity index (χ1) is 19.8. The fourth-order valence-electron chi connectivity index (χ4n) is 5.30. The van der Waals surface area contributed by atoms with E-state index in [0.717, 1.165) is 12.0 Å². The van der Waals surface area contributed by atoms with Crippen LogP contribution in [0.2, 0.25) is 0 Å². The van der Waals surface area contributed by atoms with Crippen molar-refractivity contribution in [2.24, 2.45) is 5.92 Å². The van der Waals surface area contributed by atoms with Crippen molar-refractivity contribution in [3.8, 4) is 6.07 Å². The first-order valence-electron chi connectivity index (χ1n) is 14.2. The first kappa shape index (κ1) is 30.7. The van der Waals surface area contributed by atoms with Crippen LogP contribution in [0.5, 0.6) is 0 Å². The zero-order valence-electron chi connectivity index (χ0n) is 23.2. The van der Waals surface area contributed by atoms with E-state index in [1.54, 1.807) is 23.1 Å². The van der Waals surface area contributed by atoms with Crippen LogP contribution in [-0.4, -0.2) is 91.4 Å². The number of carbonyl (C=O) groups excluding carboxylic acids is 1. The lowest BCUT2D eigenvalue weighted by molar-refractivity contribution is -0.144. The van der Waals surface area contributed by atoms with Gasteiger partial charge in [0.2, 0.25) is 5.82 Å². The maximum absolute atomic E-state index is 13.8. The minimum atomic E-state index is -4.69. The van der Waals surface area contributed by atoms with Gasteiger partial charge in [0.25, 0.3) is 0 Å². The van der Waals surface area contributed by atoms with Gasteiger partial charge < -0.3 is 19.6 Å². The second-order valence-electron chi connectivity index (χ2n) is 10.5. The summed E-state index contributed by atoms with van der Waals surface area (Å²) in [5.41, 5.74) is 1.66. The molecule has 41 heavy (non-hydrogen) atoms. The average Bonchev–Trinajstić information content (AvgIpc) is 2.99. The first-order valence-corrected chi connectivity index (χ1v) is 14.2. The second-order valence-corrected chi connectivity index (χ2v) is 10.5. The molecule has 0 unspecified atom stereocenters. The topological polar surface area (TPSA) is 106 Å². The highest BCUT2D eigenvalue weighted by Gasteiger charge is 2.37. The largest absolute Gasteiger partial charge is 0.451 e. The lowest BCUT2D eigenvalue weighted by Crippen LogP contribution is -2.48. The molecule has 2 aliphatic heterocycles. The number of nitrogens with zero attached hydrogens (tertiary/aromatic N) is 6. The summed E-state index contributed by atoms with van der Waals surface area (Å²) < 4.78 is 46.7. The molecule has 2 saturated heterocycles. The molecule has 1 aromatic heterocycles. The number of benzene rings is 1. The molecule has 2 fully saturated rings. The lowest BCUT2D eigenvalue weighted by atomic mass is 9.90. The molecule has 4 rings (SSSR count). The van der Waals surface area contributed by atoms with E-state index in [9.17, 15) is 18.0 Å². The Morgan fingerprint density at radius 3 is 2.41 bits per heavy atom. The van der Waals surface area contributed by atoms with Crippen LogP contribution >= 0.6 is 0 Å². The summed E-state index contributed by atoms with van der Waals surface area (Å²) >= 11 is 0. The fraction of sp³-hybridized carbons (Fsp3) is 0.586. The summed E-state index contributed by atoms with van der Waals surface area (Å²) in [7, 11) is 0. The molecule has 1 atom stereocenters. The normalized spacial score (nSPS) is 18.4. The minimum absolute atomic E-state index is 0.0306. The number of alkyl halides is 3. The number of nitriles is 1. The number of hydrogen-bond donors (Lipinski definition) is 1. The van der Waals surface area contributed by atoms with Crippen LogP contribution < -0.4 is 9.80 Å². The summed E-state index contributed by atoms with van der Waals surface area (Å²) in [4.78, 5) is 26.6. The highest BCUT2D eigenvalue weighted by atomic mass is 19.4. The van der Waals surface area contributed by atoms with Crippen molar-refractivity contribution in [2.45, 2.75) is 38.3 Å². The Hall–Kier alpha value is -3.27. The number of piperidine rings is 1. The zero-order valence-corrected chi connectivity index (χ0v) is 23.2. The van der Waals surface area contributed by atoms with Gasteiger partial charge in [-0.3, -0.25) is 9.69 Å². The number of carbonyl (C=O) groups is 1. The number of piperazine rings is 1. The van der Waals surface area contributed by atoms with Gasteiger partial charge in [-0.2, -0.15) is 18.4 Å². The number of aliphatic hydroxyl groups excluding tert-OH is 1. The lowest BCUT2D eigenvalue weighted by Gasteiger charge is -2.37. The van der Waals surface area contributed by atoms with E-state index in [1.165, 1.54) is 0 Å². The number of aryl methyl sites for hydroxylation is 1. The maximum atomic E-state index is 13.8. The molecule has 2 aromatic rings. The third-order valence-electron chi connectivity index (χ3n) is 7.61. The van der Waals surface area contributed by atoms with Gasteiger partial charge in [0.1, 0.15) is 17.4 Å². The Kier molecular flexibility index (Phi) is 10.9. The van der Waals surface area contributed by atoms with Crippen molar-refractivity contribution < 1.29 is 27.8 Å². The number of Topliss-reactive ketones (excluding diaryl/α,β-unsaturated/α-hetero) is 1. The van der Waals surface area contributed by atoms with E-state index in [4.69, 9.17) is 15.1 Å². The molecular formula is C29H37F3N6O3. The molecule has 0 aliphatic carbocycles. The predicted molar refractivity (Wildman–Crippen MR) is 148 cm³/mol. The van der Waals surface area contributed by atoms with Gasteiger partial charge in [0.15, 0.2) is 0 Å². The number of ketones is 1. The predicted octanol–water partition coefficient (Wildman–Crippen LogP) is 3.31. The van der Waals surface area contributed by atoms with E-state index < -0.39 is 12.0 Å². The molecule has 0 bridgehead atoms. The molecule has 12 heteroatoms. The van der Waals surface area contributed by atoms with E-state index in [-0.39, 0.29) is 36.6 Å². The Morgan fingerprint density at radius 2 is 1.76 bits per heavy atom. The third-order valence-corrected chi connectivity index (χ3v) is 7.61. The van der Waals surface area contributed by atoms with Crippen LogP contribution in [0.3, 0.4) is 0 Å². The Balaban J connectivity index is 1.37. The number of hydrogen-bond acceptors (Lipinski definition) is 9. The van der Waals surface area contributed by atoms with Crippen molar-refractivity contribution in [3.05, 3.63) is 47.3 Å². The molecule has 1 N–H and O–H groups in total. The zero-order chi connectivity index (χ0) is 29.2. The Morgan fingerprint density at radius 1 is 1.05 bits per heavy atom. The van der Waals surface area contributed by atoms with Gasteiger partial charge in [-0.25, -0.2) is 9.97 Å². The number of aromatic nitrogens is 2. The van der Waals surface area contributed by atoms with Gasteiger partial charge in [0, 0.05) is 64.2 Å². The molecule has 222 valence electrons. The van der Waals surface area contributed by atoms with Gasteiger partial charge in [-0.05, 0) is 43.4 Å². The quantitative estimate of drug-likeness (QED) is 0.382. The molecule has 2 aliphatic rings. The Bertz CT molecular complexity index is 1180.